The van der Waals surface area contributed by atoms with Gasteiger partial charge in [0.1, 0.15) is 29.7 Å². The van der Waals surface area contributed by atoms with Crippen LogP contribution in [0.25, 0.3) is 11.1 Å². The summed E-state index contributed by atoms with van der Waals surface area (Å²) < 4.78 is 36.6. The van der Waals surface area contributed by atoms with Crippen LogP contribution in [0, 0.1) is 5.82 Å². The van der Waals surface area contributed by atoms with Crippen LogP contribution in [0.15, 0.2) is 60.7 Å². The first-order valence-corrected chi connectivity index (χ1v) is 11.3. The molecule has 0 heterocycles. The van der Waals surface area contributed by atoms with Crippen molar-refractivity contribution < 1.29 is 28.1 Å². The van der Waals surface area contributed by atoms with E-state index in [0.29, 0.717) is 48.0 Å². The molecule has 180 valence electrons. The van der Waals surface area contributed by atoms with E-state index < -0.39 is 0 Å². The van der Waals surface area contributed by atoms with Gasteiger partial charge < -0.3 is 18.9 Å². The van der Waals surface area contributed by atoms with Gasteiger partial charge in [0.15, 0.2) is 0 Å². The first-order chi connectivity index (χ1) is 16.4. The highest BCUT2D eigenvalue weighted by Crippen LogP contribution is 2.35. The molecule has 0 aliphatic carbocycles. The summed E-state index contributed by atoms with van der Waals surface area (Å²) in [5.74, 6) is 1.30. The van der Waals surface area contributed by atoms with Crippen LogP contribution in [0.4, 0.5) is 4.39 Å². The fourth-order valence-corrected chi connectivity index (χ4v) is 3.58. The Balaban J connectivity index is 1.80. The van der Waals surface area contributed by atoms with Crippen molar-refractivity contribution in [1.82, 2.24) is 0 Å². The van der Waals surface area contributed by atoms with E-state index in [0.717, 1.165) is 17.5 Å². The summed E-state index contributed by atoms with van der Waals surface area (Å²) in [5, 5.41) is 0. The number of rotatable bonds is 11. The summed E-state index contributed by atoms with van der Waals surface area (Å²) >= 11 is 0. The predicted molar refractivity (Wildman–Crippen MR) is 130 cm³/mol. The molecular formula is C28H31FO5. The minimum absolute atomic E-state index is 0.0158. The standard InChI is InChI=1S/C28H31FO5/c1-5-13-33-27-15-20(9-11-24(27)25-17-22(31-3)10-12-26(25)29)18-34-23-8-6-7-21(16-23)19(2)14-28(30)32-4/h6-12,15-17,19H,5,13-14,18H2,1-4H3/t19-/m0/s1. The zero-order chi connectivity index (χ0) is 24.5. The molecule has 3 rings (SSSR count). The van der Waals surface area contributed by atoms with Gasteiger partial charge in [-0.3, -0.25) is 4.79 Å². The third-order valence-corrected chi connectivity index (χ3v) is 5.50. The third-order valence-electron chi connectivity index (χ3n) is 5.50. The van der Waals surface area contributed by atoms with E-state index >= 15 is 0 Å². The minimum atomic E-state index is -0.343. The largest absolute Gasteiger partial charge is 0.497 e. The molecule has 0 aliphatic rings. The molecule has 0 bridgehead atoms. The molecule has 0 saturated carbocycles. The van der Waals surface area contributed by atoms with Crippen LogP contribution < -0.4 is 14.2 Å². The Morgan fingerprint density at radius 1 is 0.941 bits per heavy atom. The van der Waals surface area contributed by atoms with Crippen molar-refractivity contribution in [2.75, 3.05) is 20.8 Å². The number of hydrogen-bond donors (Lipinski definition) is 0. The maximum absolute atomic E-state index is 14.6. The molecule has 0 saturated heterocycles. The number of esters is 1. The van der Waals surface area contributed by atoms with E-state index in [-0.39, 0.29) is 17.7 Å². The number of carbonyl (C=O) groups is 1. The lowest BCUT2D eigenvalue weighted by atomic mass is 9.98. The van der Waals surface area contributed by atoms with Crippen molar-refractivity contribution in [2.24, 2.45) is 0 Å². The Morgan fingerprint density at radius 3 is 2.50 bits per heavy atom. The highest BCUT2D eigenvalue weighted by molar-refractivity contribution is 5.73. The second-order valence-electron chi connectivity index (χ2n) is 8.07. The highest BCUT2D eigenvalue weighted by atomic mass is 19.1. The van der Waals surface area contributed by atoms with E-state index in [4.69, 9.17) is 18.9 Å². The third kappa shape index (κ3) is 6.50. The summed E-state index contributed by atoms with van der Waals surface area (Å²) in [6.45, 7) is 4.83. The van der Waals surface area contributed by atoms with Crippen LogP contribution in [0.5, 0.6) is 17.2 Å². The molecule has 0 N–H and O–H groups in total. The van der Waals surface area contributed by atoms with Gasteiger partial charge in [0.25, 0.3) is 0 Å². The second kappa shape index (κ2) is 12.1. The summed E-state index contributed by atoms with van der Waals surface area (Å²) in [4.78, 5) is 11.6. The summed E-state index contributed by atoms with van der Waals surface area (Å²) in [6, 6.07) is 18.0. The molecular weight excluding hydrogens is 435 g/mol. The Morgan fingerprint density at radius 2 is 1.76 bits per heavy atom. The van der Waals surface area contributed by atoms with Crippen molar-refractivity contribution in [3.8, 4) is 28.4 Å². The van der Waals surface area contributed by atoms with Crippen LogP contribution in [-0.4, -0.2) is 26.8 Å². The molecule has 0 unspecified atom stereocenters. The van der Waals surface area contributed by atoms with Gasteiger partial charge in [0.2, 0.25) is 0 Å². The van der Waals surface area contributed by atoms with Crippen LogP contribution in [0.2, 0.25) is 0 Å². The van der Waals surface area contributed by atoms with Gasteiger partial charge in [-0.1, -0.05) is 38.1 Å². The normalized spacial score (nSPS) is 11.6. The van der Waals surface area contributed by atoms with Gasteiger partial charge in [0.05, 0.1) is 27.2 Å². The number of halogens is 1. The van der Waals surface area contributed by atoms with E-state index in [1.54, 1.807) is 19.2 Å². The van der Waals surface area contributed by atoms with Gasteiger partial charge >= 0.3 is 5.97 Å². The fourth-order valence-electron chi connectivity index (χ4n) is 3.58. The maximum Gasteiger partial charge on any atom is 0.306 e. The Hall–Kier alpha value is -3.54. The maximum atomic E-state index is 14.6. The van der Waals surface area contributed by atoms with Crippen molar-refractivity contribution in [1.29, 1.82) is 0 Å². The minimum Gasteiger partial charge on any atom is -0.497 e. The monoisotopic (exact) mass is 466 g/mol. The first-order valence-electron chi connectivity index (χ1n) is 11.3. The molecule has 0 spiro atoms. The van der Waals surface area contributed by atoms with E-state index in [1.165, 1.54) is 13.2 Å². The van der Waals surface area contributed by atoms with Crippen LogP contribution >= 0.6 is 0 Å². The Labute approximate surface area is 200 Å². The van der Waals surface area contributed by atoms with Crippen molar-refractivity contribution in [3.05, 3.63) is 77.6 Å². The SMILES string of the molecule is CCCOc1cc(COc2cccc([C@@H](C)CC(=O)OC)c2)ccc1-c1cc(OC)ccc1F. The lowest BCUT2D eigenvalue weighted by Gasteiger charge is -2.16. The molecule has 6 heteroatoms. The van der Waals surface area contributed by atoms with E-state index in [9.17, 15) is 9.18 Å². The van der Waals surface area contributed by atoms with Gasteiger partial charge in [-0.2, -0.15) is 0 Å². The van der Waals surface area contributed by atoms with Gasteiger partial charge in [-0.25, -0.2) is 4.39 Å². The topological polar surface area (TPSA) is 54.0 Å². The summed E-state index contributed by atoms with van der Waals surface area (Å²) in [5.41, 5.74) is 2.97. The van der Waals surface area contributed by atoms with Crippen LogP contribution in [0.1, 0.15) is 43.7 Å². The number of benzene rings is 3. The second-order valence-corrected chi connectivity index (χ2v) is 8.07. The van der Waals surface area contributed by atoms with E-state index in [1.807, 2.05) is 56.3 Å². The smallest absolute Gasteiger partial charge is 0.306 e. The number of hydrogen-bond acceptors (Lipinski definition) is 5. The molecule has 5 nitrogen and oxygen atoms in total. The zero-order valence-electron chi connectivity index (χ0n) is 20.1. The summed E-state index contributed by atoms with van der Waals surface area (Å²) in [7, 11) is 2.94. The molecule has 0 fully saturated rings. The van der Waals surface area contributed by atoms with Crippen LogP contribution in [-0.2, 0) is 16.1 Å². The van der Waals surface area contributed by atoms with Crippen LogP contribution in [0.3, 0.4) is 0 Å². The molecule has 1 atom stereocenters. The molecule has 0 aliphatic heterocycles. The van der Waals surface area contributed by atoms with Crippen molar-refractivity contribution >= 4 is 5.97 Å². The first kappa shape index (κ1) is 25.1. The number of ether oxygens (including phenoxy) is 4. The zero-order valence-corrected chi connectivity index (χ0v) is 20.1. The lowest BCUT2D eigenvalue weighted by Crippen LogP contribution is -2.06. The van der Waals surface area contributed by atoms with Gasteiger partial charge in [-0.05, 0) is 59.9 Å². The Bertz CT molecular complexity index is 1110. The van der Waals surface area contributed by atoms with Crippen molar-refractivity contribution in [2.45, 2.75) is 39.2 Å². The molecule has 0 radical (unpaired) electrons. The Kier molecular flexibility index (Phi) is 8.91. The molecule has 0 amide bonds. The quantitative estimate of drug-likeness (QED) is 0.301. The van der Waals surface area contributed by atoms with Gasteiger partial charge in [0, 0.05) is 11.1 Å². The molecule has 3 aromatic rings. The average molecular weight is 467 g/mol. The summed E-state index contributed by atoms with van der Waals surface area (Å²) in [6.07, 6.45) is 1.14. The van der Waals surface area contributed by atoms with Gasteiger partial charge in [-0.15, -0.1) is 0 Å². The average Bonchev–Trinajstić information content (AvgIpc) is 2.86. The van der Waals surface area contributed by atoms with Crippen molar-refractivity contribution in [3.63, 3.8) is 0 Å². The molecule has 34 heavy (non-hydrogen) atoms. The highest BCUT2D eigenvalue weighted by Gasteiger charge is 2.15. The predicted octanol–water partition coefficient (Wildman–Crippen LogP) is 6.54. The van der Waals surface area contributed by atoms with E-state index in [2.05, 4.69) is 0 Å². The number of methoxy groups -OCH3 is 2. The fraction of sp³-hybridized carbons (Fsp3) is 0.321. The molecule has 3 aromatic carbocycles. The molecule has 0 aromatic heterocycles. The lowest BCUT2D eigenvalue weighted by molar-refractivity contribution is -0.140. The number of carbonyl (C=O) groups excluding carboxylic acids is 1.